The molecule has 0 aliphatic carbocycles. The van der Waals surface area contributed by atoms with E-state index in [0.29, 0.717) is 13.2 Å². The Morgan fingerprint density at radius 3 is 2.69 bits per heavy atom. The highest BCUT2D eigenvalue weighted by Crippen LogP contribution is 1.74. The standard InChI is InChI=1S/C7H15N3O3/c1-2-9-3-4-13-5-6(11)10-7(8)12/h9H,2-5H2,1H3,(H3,8,10,11,12). The van der Waals surface area contributed by atoms with E-state index in [9.17, 15) is 9.59 Å². The fourth-order valence-corrected chi connectivity index (χ4v) is 0.659. The van der Waals surface area contributed by atoms with Gasteiger partial charge in [-0.3, -0.25) is 10.1 Å². The van der Waals surface area contributed by atoms with Crippen molar-refractivity contribution in [1.82, 2.24) is 10.6 Å². The van der Waals surface area contributed by atoms with Crippen molar-refractivity contribution in [2.24, 2.45) is 5.73 Å². The van der Waals surface area contributed by atoms with Gasteiger partial charge >= 0.3 is 6.03 Å². The average Bonchev–Trinajstić information content (AvgIpc) is 2.02. The Balaban J connectivity index is 3.22. The molecule has 13 heavy (non-hydrogen) atoms. The number of ether oxygens (including phenoxy) is 1. The molecular formula is C7H15N3O3. The van der Waals surface area contributed by atoms with E-state index < -0.39 is 11.9 Å². The summed E-state index contributed by atoms with van der Waals surface area (Å²) in [6, 6.07) is -0.861. The predicted molar refractivity (Wildman–Crippen MR) is 47.1 cm³/mol. The van der Waals surface area contributed by atoms with E-state index in [-0.39, 0.29) is 6.61 Å². The molecule has 6 heteroatoms. The van der Waals surface area contributed by atoms with Crippen molar-refractivity contribution in [3.8, 4) is 0 Å². The summed E-state index contributed by atoms with van der Waals surface area (Å²) in [6.45, 7) is 3.80. The van der Waals surface area contributed by atoms with Crippen molar-refractivity contribution in [3.63, 3.8) is 0 Å². The van der Waals surface area contributed by atoms with Gasteiger partial charge in [0.25, 0.3) is 5.91 Å². The third-order valence-corrected chi connectivity index (χ3v) is 1.17. The maximum Gasteiger partial charge on any atom is 0.318 e. The number of rotatable bonds is 6. The molecule has 76 valence electrons. The monoisotopic (exact) mass is 189 g/mol. The molecule has 0 aliphatic rings. The van der Waals surface area contributed by atoms with Gasteiger partial charge in [0.1, 0.15) is 6.61 Å². The van der Waals surface area contributed by atoms with E-state index in [1.165, 1.54) is 0 Å². The topological polar surface area (TPSA) is 93.4 Å². The van der Waals surface area contributed by atoms with Gasteiger partial charge in [0.2, 0.25) is 0 Å². The number of hydrogen-bond donors (Lipinski definition) is 3. The zero-order valence-corrected chi connectivity index (χ0v) is 7.63. The zero-order valence-electron chi connectivity index (χ0n) is 7.63. The van der Waals surface area contributed by atoms with Crippen molar-refractivity contribution >= 4 is 11.9 Å². The second-order valence-electron chi connectivity index (χ2n) is 2.32. The number of primary amides is 1. The third-order valence-electron chi connectivity index (χ3n) is 1.17. The van der Waals surface area contributed by atoms with E-state index in [2.05, 4.69) is 5.32 Å². The van der Waals surface area contributed by atoms with Gasteiger partial charge < -0.3 is 15.8 Å². The Morgan fingerprint density at radius 2 is 2.15 bits per heavy atom. The Kier molecular flexibility index (Phi) is 6.85. The maximum atomic E-state index is 10.7. The molecule has 0 spiro atoms. The van der Waals surface area contributed by atoms with Gasteiger partial charge in [-0.2, -0.15) is 0 Å². The van der Waals surface area contributed by atoms with E-state index in [1.807, 2.05) is 12.2 Å². The molecule has 6 nitrogen and oxygen atoms in total. The fraction of sp³-hybridized carbons (Fsp3) is 0.714. The minimum Gasteiger partial charge on any atom is -0.370 e. The summed E-state index contributed by atoms with van der Waals surface area (Å²) in [6.07, 6.45) is 0. The van der Waals surface area contributed by atoms with Gasteiger partial charge in [-0.25, -0.2) is 4.79 Å². The van der Waals surface area contributed by atoms with Crippen LogP contribution in [0.5, 0.6) is 0 Å². The van der Waals surface area contributed by atoms with Gasteiger partial charge in [0, 0.05) is 6.54 Å². The number of nitrogens with two attached hydrogens (primary N) is 1. The fourth-order valence-electron chi connectivity index (χ4n) is 0.659. The van der Waals surface area contributed by atoms with Crippen LogP contribution in [0.4, 0.5) is 4.79 Å². The molecule has 0 saturated carbocycles. The first-order valence-corrected chi connectivity index (χ1v) is 4.04. The average molecular weight is 189 g/mol. The molecule has 0 fully saturated rings. The molecule has 0 bridgehead atoms. The van der Waals surface area contributed by atoms with Crippen molar-refractivity contribution in [1.29, 1.82) is 0 Å². The largest absolute Gasteiger partial charge is 0.370 e. The summed E-state index contributed by atoms with van der Waals surface area (Å²) in [5.74, 6) is -0.524. The van der Waals surface area contributed by atoms with Crippen LogP contribution in [-0.2, 0) is 9.53 Å². The molecule has 0 aromatic heterocycles. The third kappa shape index (κ3) is 8.77. The van der Waals surface area contributed by atoms with Gasteiger partial charge in [-0.1, -0.05) is 6.92 Å². The number of hydrogen-bond acceptors (Lipinski definition) is 4. The number of nitrogens with one attached hydrogen (secondary N) is 2. The normalized spacial score (nSPS) is 9.62. The van der Waals surface area contributed by atoms with Crippen LogP contribution in [0.25, 0.3) is 0 Å². The molecule has 0 aliphatic heterocycles. The Bertz CT molecular complexity index is 172. The second-order valence-corrected chi connectivity index (χ2v) is 2.32. The molecule has 0 aromatic carbocycles. The van der Waals surface area contributed by atoms with Crippen LogP contribution in [-0.4, -0.2) is 38.2 Å². The number of carbonyl (C=O) groups is 2. The molecule has 0 aromatic rings. The van der Waals surface area contributed by atoms with Crippen molar-refractivity contribution < 1.29 is 14.3 Å². The van der Waals surface area contributed by atoms with E-state index in [1.54, 1.807) is 0 Å². The van der Waals surface area contributed by atoms with E-state index >= 15 is 0 Å². The minimum atomic E-state index is -0.861. The Labute approximate surface area is 76.8 Å². The van der Waals surface area contributed by atoms with Gasteiger partial charge in [-0.15, -0.1) is 0 Å². The molecule has 0 unspecified atom stereocenters. The minimum absolute atomic E-state index is 0.145. The molecule has 0 atom stereocenters. The number of urea groups is 1. The van der Waals surface area contributed by atoms with Crippen LogP contribution < -0.4 is 16.4 Å². The summed E-state index contributed by atoms with van der Waals surface area (Å²) in [5, 5.41) is 4.90. The lowest BCUT2D eigenvalue weighted by molar-refractivity contribution is -0.124. The summed E-state index contributed by atoms with van der Waals surface area (Å²) >= 11 is 0. The Morgan fingerprint density at radius 1 is 1.46 bits per heavy atom. The van der Waals surface area contributed by atoms with Gasteiger partial charge in [0.15, 0.2) is 0 Å². The van der Waals surface area contributed by atoms with Crippen LogP contribution in [0.1, 0.15) is 6.92 Å². The molecule has 3 amide bonds. The van der Waals surface area contributed by atoms with Crippen LogP contribution in [0.15, 0.2) is 0 Å². The van der Waals surface area contributed by atoms with Crippen molar-refractivity contribution in [2.75, 3.05) is 26.3 Å². The zero-order chi connectivity index (χ0) is 10.1. The summed E-state index contributed by atoms with van der Waals surface area (Å²) in [5.41, 5.74) is 4.71. The molecule has 0 rings (SSSR count). The molecule has 4 N–H and O–H groups in total. The lowest BCUT2D eigenvalue weighted by Gasteiger charge is -2.03. The van der Waals surface area contributed by atoms with Crippen molar-refractivity contribution in [2.45, 2.75) is 6.92 Å². The number of likely N-dealkylation sites (N-methyl/N-ethyl adjacent to an activating group) is 1. The molecule has 0 heterocycles. The first-order chi connectivity index (χ1) is 6.16. The highest BCUT2D eigenvalue weighted by molar-refractivity contribution is 5.94. The molecular weight excluding hydrogens is 174 g/mol. The number of amides is 3. The second kappa shape index (κ2) is 7.51. The van der Waals surface area contributed by atoms with Crippen LogP contribution in [0, 0.1) is 0 Å². The maximum absolute atomic E-state index is 10.7. The van der Waals surface area contributed by atoms with Gasteiger partial charge in [-0.05, 0) is 6.54 Å². The summed E-state index contributed by atoms with van der Waals surface area (Å²) in [7, 11) is 0. The summed E-state index contributed by atoms with van der Waals surface area (Å²) in [4.78, 5) is 20.9. The van der Waals surface area contributed by atoms with E-state index in [4.69, 9.17) is 10.5 Å². The Hall–Kier alpha value is -1.14. The highest BCUT2D eigenvalue weighted by atomic mass is 16.5. The number of imide groups is 1. The first-order valence-electron chi connectivity index (χ1n) is 4.04. The van der Waals surface area contributed by atoms with E-state index in [0.717, 1.165) is 6.54 Å². The lowest BCUT2D eigenvalue weighted by Crippen LogP contribution is -2.37. The SMILES string of the molecule is CCNCCOCC(=O)NC(N)=O. The van der Waals surface area contributed by atoms with Crippen LogP contribution >= 0.6 is 0 Å². The molecule has 0 saturated heterocycles. The first kappa shape index (κ1) is 11.9. The quantitative estimate of drug-likeness (QED) is 0.458. The van der Waals surface area contributed by atoms with Crippen LogP contribution in [0.2, 0.25) is 0 Å². The predicted octanol–water partition coefficient (Wildman–Crippen LogP) is -1.19. The van der Waals surface area contributed by atoms with Crippen molar-refractivity contribution in [3.05, 3.63) is 0 Å². The molecule has 0 radical (unpaired) electrons. The van der Waals surface area contributed by atoms with Crippen LogP contribution in [0.3, 0.4) is 0 Å². The summed E-state index contributed by atoms with van der Waals surface area (Å²) < 4.78 is 4.92. The number of carbonyl (C=O) groups excluding carboxylic acids is 2. The van der Waals surface area contributed by atoms with Gasteiger partial charge in [0.05, 0.1) is 6.61 Å². The smallest absolute Gasteiger partial charge is 0.318 e. The lowest BCUT2D eigenvalue weighted by atomic mass is 10.6. The highest BCUT2D eigenvalue weighted by Gasteiger charge is 2.02.